The van der Waals surface area contributed by atoms with Crippen molar-refractivity contribution in [1.29, 1.82) is 0 Å². The smallest absolute Gasteiger partial charge is 0.347 e. The topological polar surface area (TPSA) is 47.6 Å². The number of carbonyl (C=O) groups is 1. The standard InChI is InChI=1S/C15H19NO3/c1-2-16-13-6-3-10-9-11(4-5-12(10)13)19-14-7-8-18-15(14)17/h4-5,9,13-14,16H,2-3,6-8H2,1H3. The Kier molecular flexibility index (Phi) is 3.42. The summed E-state index contributed by atoms with van der Waals surface area (Å²) in [4.78, 5) is 11.4. The summed E-state index contributed by atoms with van der Waals surface area (Å²) in [7, 11) is 0. The van der Waals surface area contributed by atoms with Crippen molar-refractivity contribution in [2.24, 2.45) is 0 Å². The molecule has 0 radical (unpaired) electrons. The van der Waals surface area contributed by atoms with Gasteiger partial charge in [0.25, 0.3) is 0 Å². The quantitative estimate of drug-likeness (QED) is 0.842. The largest absolute Gasteiger partial charge is 0.479 e. The summed E-state index contributed by atoms with van der Waals surface area (Å²) in [6.45, 7) is 3.58. The van der Waals surface area contributed by atoms with Crippen molar-refractivity contribution in [1.82, 2.24) is 5.32 Å². The van der Waals surface area contributed by atoms with Gasteiger partial charge in [0, 0.05) is 12.5 Å². The fourth-order valence-electron chi connectivity index (χ4n) is 2.87. The van der Waals surface area contributed by atoms with Crippen LogP contribution in [0, 0.1) is 0 Å². The van der Waals surface area contributed by atoms with Crippen LogP contribution in [0.15, 0.2) is 18.2 Å². The first-order valence-electron chi connectivity index (χ1n) is 6.97. The van der Waals surface area contributed by atoms with E-state index in [2.05, 4.69) is 24.4 Å². The van der Waals surface area contributed by atoms with E-state index in [1.165, 1.54) is 11.1 Å². The Bertz CT molecular complexity index is 486. The zero-order valence-corrected chi connectivity index (χ0v) is 11.1. The molecule has 1 aromatic carbocycles. The minimum atomic E-state index is -0.427. The first-order valence-corrected chi connectivity index (χ1v) is 6.97. The summed E-state index contributed by atoms with van der Waals surface area (Å²) in [6, 6.07) is 6.61. The highest BCUT2D eigenvalue weighted by molar-refractivity contribution is 5.76. The average Bonchev–Trinajstić information content (AvgIpc) is 2.98. The van der Waals surface area contributed by atoms with Crippen LogP contribution in [-0.4, -0.2) is 25.2 Å². The SMILES string of the molecule is CCNC1CCc2cc(OC3CCOC3=O)ccc21. The Hall–Kier alpha value is -1.55. The zero-order chi connectivity index (χ0) is 13.2. The maximum atomic E-state index is 11.4. The van der Waals surface area contributed by atoms with Gasteiger partial charge >= 0.3 is 5.97 Å². The number of carbonyl (C=O) groups excluding carboxylic acids is 1. The molecule has 2 atom stereocenters. The third-order valence-corrected chi connectivity index (χ3v) is 3.81. The van der Waals surface area contributed by atoms with Crippen molar-refractivity contribution >= 4 is 5.97 Å². The molecule has 1 heterocycles. The van der Waals surface area contributed by atoms with Crippen LogP contribution in [0.4, 0.5) is 0 Å². The van der Waals surface area contributed by atoms with Crippen molar-refractivity contribution in [3.63, 3.8) is 0 Å². The summed E-state index contributed by atoms with van der Waals surface area (Å²) in [6.07, 6.45) is 2.43. The van der Waals surface area contributed by atoms with Gasteiger partial charge < -0.3 is 14.8 Å². The number of esters is 1. The number of fused-ring (bicyclic) bond motifs is 1. The summed E-state index contributed by atoms with van der Waals surface area (Å²) >= 11 is 0. The van der Waals surface area contributed by atoms with Crippen LogP contribution >= 0.6 is 0 Å². The van der Waals surface area contributed by atoms with Crippen LogP contribution in [0.2, 0.25) is 0 Å². The molecule has 1 fully saturated rings. The monoisotopic (exact) mass is 261 g/mol. The van der Waals surface area contributed by atoms with Gasteiger partial charge in [0.2, 0.25) is 0 Å². The van der Waals surface area contributed by atoms with E-state index in [0.29, 0.717) is 19.1 Å². The fraction of sp³-hybridized carbons (Fsp3) is 0.533. The molecule has 1 aliphatic carbocycles. The van der Waals surface area contributed by atoms with Gasteiger partial charge in [-0.25, -0.2) is 4.79 Å². The van der Waals surface area contributed by atoms with Crippen molar-refractivity contribution in [3.05, 3.63) is 29.3 Å². The third kappa shape index (κ3) is 2.45. The van der Waals surface area contributed by atoms with Crippen LogP contribution in [0.5, 0.6) is 5.75 Å². The molecule has 1 N–H and O–H groups in total. The van der Waals surface area contributed by atoms with E-state index in [1.807, 2.05) is 6.07 Å². The van der Waals surface area contributed by atoms with Gasteiger partial charge in [0.05, 0.1) is 6.61 Å². The van der Waals surface area contributed by atoms with Gasteiger partial charge in [-0.15, -0.1) is 0 Å². The number of aryl methyl sites for hydroxylation is 1. The van der Waals surface area contributed by atoms with Crippen LogP contribution < -0.4 is 10.1 Å². The Balaban J connectivity index is 1.73. The first kappa shape index (κ1) is 12.5. The van der Waals surface area contributed by atoms with Crippen molar-refractivity contribution < 1.29 is 14.3 Å². The van der Waals surface area contributed by atoms with E-state index >= 15 is 0 Å². The van der Waals surface area contributed by atoms with E-state index in [-0.39, 0.29) is 5.97 Å². The number of nitrogens with one attached hydrogen (secondary N) is 1. The molecule has 4 nitrogen and oxygen atoms in total. The highest BCUT2D eigenvalue weighted by Crippen LogP contribution is 2.34. The maximum absolute atomic E-state index is 11.4. The second-order valence-electron chi connectivity index (χ2n) is 5.07. The minimum absolute atomic E-state index is 0.244. The predicted molar refractivity (Wildman–Crippen MR) is 71.2 cm³/mol. The number of ether oxygens (including phenoxy) is 2. The zero-order valence-electron chi connectivity index (χ0n) is 11.1. The first-order chi connectivity index (χ1) is 9.28. The Morgan fingerprint density at radius 1 is 1.42 bits per heavy atom. The van der Waals surface area contributed by atoms with Crippen LogP contribution in [-0.2, 0) is 16.0 Å². The second kappa shape index (κ2) is 5.21. The summed E-state index contributed by atoms with van der Waals surface area (Å²) in [5, 5.41) is 3.49. The predicted octanol–water partition coefficient (Wildman–Crippen LogP) is 1.98. The van der Waals surface area contributed by atoms with Gasteiger partial charge in [-0.05, 0) is 42.6 Å². The normalized spacial score (nSPS) is 25.2. The number of hydrogen-bond acceptors (Lipinski definition) is 4. The molecule has 2 unspecified atom stereocenters. The molecule has 102 valence electrons. The third-order valence-electron chi connectivity index (χ3n) is 3.81. The molecule has 0 spiro atoms. The lowest BCUT2D eigenvalue weighted by molar-refractivity contribution is -0.143. The number of benzene rings is 1. The summed E-state index contributed by atoms with van der Waals surface area (Å²) < 4.78 is 10.6. The molecule has 19 heavy (non-hydrogen) atoms. The molecule has 1 saturated heterocycles. The van der Waals surface area contributed by atoms with Crippen molar-refractivity contribution in [2.45, 2.75) is 38.3 Å². The maximum Gasteiger partial charge on any atom is 0.347 e. The van der Waals surface area contributed by atoms with E-state index in [4.69, 9.17) is 9.47 Å². The molecule has 2 aliphatic rings. The molecular weight excluding hydrogens is 242 g/mol. The number of hydrogen-bond donors (Lipinski definition) is 1. The molecule has 4 heteroatoms. The highest BCUT2D eigenvalue weighted by Gasteiger charge is 2.29. The van der Waals surface area contributed by atoms with E-state index < -0.39 is 6.10 Å². The van der Waals surface area contributed by atoms with Gasteiger partial charge in [-0.1, -0.05) is 13.0 Å². The van der Waals surface area contributed by atoms with Crippen LogP contribution in [0.1, 0.15) is 36.9 Å². The Morgan fingerprint density at radius 3 is 3.05 bits per heavy atom. The minimum Gasteiger partial charge on any atom is -0.479 e. The van der Waals surface area contributed by atoms with Gasteiger partial charge in [-0.2, -0.15) is 0 Å². The molecule has 0 aromatic heterocycles. The summed E-state index contributed by atoms with van der Waals surface area (Å²) in [5.74, 6) is 0.533. The molecule has 0 amide bonds. The fourth-order valence-corrected chi connectivity index (χ4v) is 2.87. The lowest BCUT2D eigenvalue weighted by atomic mass is 10.1. The lowest BCUT2D eigenvalue weighted by Crippen LogP contribution is -2.21. The number of cyclic esters (lactones) is 1. The highest BCUT2D eigenvalue weighted by atomic mass is 16.6. The molecule has 0 bridgehead atoms. The van der Waals surface area contributed by atoms with Gasteiger partial charge in [0.15, 0.2) is 6.10 Å². The van der Waals surface area contributed by atoms with Crippen LogP contribution in [0.25, 0.3) is 0 Å². The average molecular weight is 261 g/mol. The van der Waals surface area contributed by atoms with E-state index in [0.717, 1.165) is 25.1 Å². The van der Waals surface area contributed by atoms with E-state index in [1.54, 1.807) is 0 Å². The van der Waals surface area contributed by atoms with Crippen LogP contribution in [0.3, 0.4) is 0 Å². The second-order valence-corrected chi connectivity index (χ2v) is 5.07. The van der Waals surface area contributed by atoms with Crippen molar-refractivity contribution in [3.8, 4) is 5.75 Å². The Labute approximate surface area is 113 Å². The molecule has 1 aromatic rings. The van der Waals surface area contributed by atoms with E-state index in [9.17, 15) is 4.79 Å². The van der Waals surface area contributed by atoms with Gasteiger partial charge in [0.1, 0.15) is 5.75 Å². The Morgan fingerprint density at radius 2 is 2.32 bits per heavy atom. The molecule has 0 saturated carbocycles. The lowest BCUT2D eigenvalue weighted by Gasteiger charge is -2.14. The summed E-state index contributed by atoms with van der Waals surface area (Å²) in [5.41, 5.74) is 2.69. The van der Waals surface area contributed by atoms with Gasteiger partial charge in [-0.3, -0.25) is 0 Å². The molecule has 3 rings (SSSR count). The van der Waals surface area contributed by atoms with Crippen molar-refractivity contribution in [2.75, 3.05) is 13.2 Å². The molecular formula is C15H19NO3. The number of rotatable bonds is 4. The molecule has 1 aliphatic heterocycles.